The highest BCUT2D eigenvalue weighted by atomic mass is 28.4. The number of hydrogen-bond acceptors (Lipinski definition) is 5. The maximum Gasteiger partial charge on any atom is 0.190 e. The van der Waals surface area contributed by atoms with Crippen LogP contribution in [0.1, 0.15) is 37.8 Å². The Hall–Kier alpha value is -1.21. The Morgan fingerprint density at radius 3 is 1.37 bits per heavy atom. The second-order valence-corrected chi connectivity index (χ2v) is 29.9. The minimum absolute atomic E-state index is 0.350. The fourth-order valence-electron chi connectivity index (χ4n) is 4.49. The van der Waals surface area contributed by atoms with Crippen LogP contribution in [0.15, 0.2) is 48.5 Å². The van der Waals surface area contributed by atoms with E-state index >= 15 is 0 Å². The highest BCUT2D eigenvalue weighted by Crippen LogP contribution is 2.27. The third kappa shape index (κ3) is 11.1. The second-order valence-electron chi connectivity index (χ2n) is 12.7. The van der Waals surface area contributed by atoms with Crippen molar-refractivity contribution in [3.05, 3.63) is 59.7 Å². The van der Waals surface area contributed by atoms with Crippen molar-refractivity contribution in [3.8, 4) is 11.5 Å². The highest BCUT2D eigenvalue weighted by Gasteiger charge is 2.40. The fourth-order valence-corrected chi connectivity index (χ4v) is 17.7. The van der Waals surface area contributed by atoms with Crippen LogP contribution in [-0.4, -0.2) is 61.9 Å². The molecule has 0 radical (unpaired) electrons. The lowest BCUT2D eigenvalue weighted by atomic mass is 10.2. The molecule has 0 heterocycles. The minimum Gasteiger partial charge on any atom is -0.508 e. The summed E-state index contributed by atoms with van der Waals surface area (Å²) in [5.74, 6) is 0.700. The molecule has 2 N–H and O–H groups in total. The molecule has 2 aromatic rings. The number of aromatic hydroxyl groups is 2. The van der Waals surface area contributed by atoms with Gasteiger partial charge in [-0.3, -0.25) is 0 Å². The lowest BCUT2D eigenvalue weighted by molar-refractivity contribution is 0.299. The zero-order valence-electron chi connectivity index (χ0n) is 25.1. The summed E-state index contributed by atoms with van der Waals surface area (Å²) in [4.78, 5) is 0. The normalized spacial score (nSPS) is 13.2. The van der Waals surface area contributed by atoms with Gasteiger partial charge in [-0.1, -0.05) is 69.1 Å². The van der Waals surface area contributed by atoms with E-state index < -0.39 is 33.0 Å². The van der Waals surface area contributed by atoms with Crippen LogP contribution >= 0.6 is 0 Å². The van der Waals surface area contributed by atoms with E-state index in [1.165, 1.54) is 18.9 Å². The zero-order chi connectivity index (χ0) is 28.5. The van der Waals surface area contributed by atoms with Crippen molar-refractivity contribution in [1.29, 1.82) is 0 Å². The molecule has 2 rings (SSSR count). The van der Waals surface area contributed by atoms with Crippen molar-refractivity contribution in [2.75, 3.05) is 18.7 Å². The first-order valence-electron chi connectivity index (χ1n) is 14.2. The highest BCUT2D eigenvalue weighted by molar-refractivity contribution is 6.83. The lowest BCUT2D eigenvalue weighted by Gasteiger charge is -2.38. The Labute approximate surface area is 236 Å². The van der Waals surface area contributed by atoms with Crippen molar-refractivity contribution in [2.24, 2.45) is 0 Å². The van der Waals surface area contributed by atoms with Gasteiger partial charge in [0.15, 0.2) is 25.0 Å². The first-order valence-corrected chi connectivity index (χ1v) is 26.4. The molecule has 0 aliphatic rings. The second kappa shape index (κ2) is 14.4. The van der Waals surface area contributed by atoms with E-state index in [-0.39, 0.29) is 0 Å². The summed E-state index contributed by atoms with van der Waals surface area (Å²) in [5, 5.41) is 20.7. The molecule has 0 unspecified atom stereocenters. The van der Waals surface area contributed by atoms with Crippen LogP contribution in [0.2, 0.25) is 51.4 Å². The lowest BCUT2D eigenvalue weighted by Crippen LogP contribution is -2.56. The predicted molar refractivity (Wildman–Crippen MR) is 170 cm³/mol. The molecule has 0 atom stereocenters. The molecular weight excluding hydrogens is 541 g/mol. The molecule has 5 nitrogen and oxygen atoms in total. The molecule has 0 amide bonds. The molecule has 2 aromatic carbocycles. The Balaban J connectivity index is 2.19. The van der Waals surface area contributed by atoms with Gasteiger partial charge in [0, 0.05) is 18.7 Å². The van der Waals surface area contributed by atoms with Crippen molar-refractivity contribution in [1.82, 2.24) is 0 Å². The van der Waals surface area contributed by atoms with Crippen LogP contribution < -0.4 is 0 Å². The maximum atomic E-state index is 10.3. The maximum absolute atomic E-state index is 10.3. The SMILES string of the molecule is CCCC[Si](C)(C)OC[Si](CC)(CO[Si](C)(C)Cc1ccccc1O)CO[Si](C)(C)Cc1ccccc1O. The minimum atomic E-state index is -2.09. The van der Waals surface area contributed by atoms with E-state index in [4.69, 9.17) is 13.3 Å². The Morgan fingerprint density at radius 2 is 1.00 bits per heavy atom. The summed E-state index contributed by atoms with van der Waals surface area (Å²) in [5.41, 5.74) is 1.93. The molecule has 0 aromatic heterocycles. The number of rotatable bonds is 17. The Morgan fingerprint density at radius 1 is 0.605 bits per heavy atom. The van der Waals surface area contributed by atoms with Crippen LogP contribution in [-0.2, 0) is 25.4 Å². The van der Waals surface area contributed by atoms with Crippen molar-refractivity contribution >= 4 is 33.0 Å². The van der Waals surface area contributed by atoms with Crippen molar-refractivity contribution < 1.29 is 23.5 Å². The molecule has 0 aliphatic carbocycles. The van der Waals surface area contributed by atoms with Crippen LogP contribution in [0, 0.1) is 0 Å². The molecule has 0 saturated carbocycles. The van der Waals surface area contributed by atoms with Gasteiger partial charge in [-0.15, -0.1) is 0 Å². The topological polar surface area (TPSA) is 68.2 Å². The molecule has 0 spiro atoms. The number of para-hydroxylation sites is 2. The van der Waals surface area contributed by atoms with E-state index in [1.807, 2.05) is 36.4 Å². The van der Waals surface area contributed by atoms with Gasteiger partial charge >= 0.3 is 0 Å². The van der Waals surface area contributed by atoms with Gasteiger partial charge in [-0.25, -0.2) is 0 Å². The standard InChI is InChI=1S/C29H52O5Si4/c1-9-11-20-35(3,4)32-23-38(10-2,24-33-36(5,6)21-26-16-12-14-18-28(26)30)25-34-37(7,8)22-27-17-13-15-19-29(27)31/h12-19,30-31H,9-11,20-25H2,1-8H3. The van der Waals surface area contributed by atoms with E-state index in [0.29, 0.717) is 11.5 Å². The van der Waals surface area contributed by atoms with E-state index in [9.17, 15) is 10.2 Å². The summed E-state index contributed by atoms with van der Waals surface area (Å²) in [6.07, 6.45) is 4.62. The van der Waals surface area contributed by atoms with Gasteiger partial charge in [0.1, 0.15) is 19.6 Å². The third-order valence-electron chi connectivity index (χ3n) is 7.41. The largest absolute Gasteiger partial charge is 0.508 e. The van der Waals surface area contributed by atoms with Gasteiger partial charge in [-0.2, -0.15) is 0 Å². The molecule has 214 valence electrons. The van der Waals surface area contributed by atoms with Gasteiger partial charge < -0.3 is 23.5 Å². The molecule has 0 bridgehead atoms. The van der Waals surface area contributed by atoms with E-state index in [1.54, 1.807) is 12.1 Å². The fraction of sp³-hybridized carbons (Fsp3) is 0.586. The van der Waals surface area contributed by atoms with Crippen LogP contribution in [0.4, 0.5) is 0 Å². The third-order valence-corrected chi connectivity index (χ3v) is 18.8. The molecule has 0 fully saturated rings. The first-order chi connectivity index (χ1) is 17.7. The summed E-state index contributed by atoms with van der Waals surface area (Å²) in [6, 6.07) is 19.0. The van der Waals surface area contributed by atoms with Crippen LogP contribution in [0.3, 0.4) is 0 Å². The average Bonchev–Trinajstić information content (AvgIpc) is 2.85. The van der Waals surface area contributed by atoms with Gasteiger partial charge in [-0.05, 0) is 80.7 Å². The number of hydrogen-bond donors (Lipinski definition) is 2. The molecular formula is C29H52O5Si4. The predicted octanol–water partition coefficient (Wildman–Crippen LogP) is 7.51. The van der Waals surface area contributed by atoms with Gasteiger partial charge in [0.2, 0.25) is 0 Å². The summed E-state index contributed by atoms with van der Waals surface area (Å²) in [6.45, 7) is 18.2. The number of benzene rings is 2. The van der Waals surface area contributed by atoms with Gasteiger partial charge in [0.05, 0.1) is 0 Å². The van der Waals surface area contributed by atoms with E-state index in [2.05, 4.69) is 53.1 Å². The van der Waals surface area contributed by atoms with Gasteiger partial charge in [0.25, 0.3) is 0 Å². The van der Waals surface area contributed by atoms with Crippen molar-refractivity contribution in [2.45, 2.75) is 90.1 Å². The monoisotopic (exact) mass is 592 g/mol. The molecule has 38 heavy (non-hydrogen) atoms. The van der Waals surface area contributed by atoms with E-state index in [0.717, 1.165) is 47.9 Å². The smallest absolute Gasteiger partial charge is 0.190 e. The number of phenolic OH excluding ortho intramolecular Hbond substituents is 2. The summed E-state index contributed by atoms with van der Waals surface area (Å²) >= 11 is 0. The van der Waals surface area contributed by atoms with Crippen LogP contribution in [0.25, 0.3) is 0 Å². The average molecular weight is 593 g/mol. The van der Waals surface area contributed by atoms with Crippen LogP contribution in [0.5, 0.6) is 11.5 Å². The quantitative estimate of drug-likeness (QED) is 0.186. The Kier molecular flexibility index (Phi) is 12.5. The number of unbranched alkanes of at least 4 members (excludes halogenated alkanes) is 1. The molecule has 0 aliphatic heterocycles. The molecule has 0 saturated heterocycles. The molecule has 9 heteroatoms. The number of phenols is 2. The Bertz CT molecular complexity index is 933. The van der Waals surface area contributed by atoms with Crippen molar-refractivity contribution in [3.63, 3.8) is 0 Å². The zero-order valence-corrected chi connectivity index (χ0v) is 29.1. The summed E-state index contributed by atoms with van der Waals surface area (Å²) < 4.78 is 20.4. The first kappa shape index (κ1) is 33.0. The summed E-state index contributed by atoms with van der Waals surface area (Å²) in [7, 11) is -8.02.